The number of nitrogens with zero attached hydrogens (tertiary/aromatic N) is 4. The van der Waals surface area contributed by atoms with Gasteiger partial charge < -0.3 is 15.7 Å². The van der Waals surface area contributed by atoms with Crippen molar-refractivity contribution < 1.29 is 9.90 Å². The van der Waals surface area contributed by atoms with E-state index in [1.54, 1.807) is 17.1 Å². The molecule has 0 aliphatic heterocycles. The molecular weight excluding hydrogens is 332 g/mol. The summed E-state index contributed by atoms with van der Waals surface area (Å²) in [7, 11) is 1.84. The molecule has 26 heavy (non-hydrogen) atoms. The summed E-state index contributed by atoms with van der Waals surface area (Å²) in [6.07, 6.45) is 4.19. The Kier molecular flexibility index (Phi) is 4.83. The van der Waals surface area contributed by atoms with Crippen molar-refractivity contribution in [2.45, 2.75) is 19.9 Å². The van der Waals surface area contributed by atoms with E-state index in [0.29, 0.717) is 5.95 Å². The lowest BCUT2D eigenvalue weighted by Gasteiger charge is -2.15. The lowest BCUT2D eigenvalue weighted by Crippen LogP contribution is -2.24. The number of aryl methyl sites for hydroxylation is 2. The van der Waals surface area contributed by atoms with Crippen LogP contribution in [0.5, 0.6) is 0 Å². The van der Waals surface area contributed by atoms with Gasteiger partial charge in [0.25, 0.3) is 0 Å². The number of anilines is 2. The number of amides is 1. The van der Waals surface area contributed by atoms with Crippen LogP contribution in [0, 0.1) is 6.92 Å². The number of benzene rings is 1. The lowest BCUT2D eigenvalue weighted by molar-refractivity contribution is 0.191. The molecule has 0 saturated heterocycles. The molecule has 0 aliphatic carbocycles. The molecule has 0 spiro atoms. The zero-order valence-corrected chi connectivity index (χ0v) is 14.8. The molecule has 8 nitrogen and oxygen atoms in total. The molecular formula is C18H20N6O2. The highest BCUT2D eigenvalue weighted by Gasteiger charge is 2.12. The van der Waals surface area contributed by atoms with Gasteiger partial charge in [-0.2, -0.15) is 5.10 Å². The minimum absolute atomic E-state index is 0.283. The van der Waals surface area contributed by atoms with Gasteiger partial charge in [-0.1, -0.05) is 12.1 Å². The third kappa shape index (κ3) is 3.97. The first-order valence-electron chi connectivity index (χ1n) is 8.11. The predicted molar refractivity (Wildman–Crippen MR) is 98.3 cm³/mol. The molecule has 0 fully saturated rings. The summed E-state index contributed by atoms with van der Waals surface area (Å²) in [4.78, 5) is 19.6. The van der Waals surface area contributed by atoms with Crippen molar-refractivity contribution in [3.63, 3.8) is 0 Å². The number of nitrogens with one attached hydrogen (secondary N) is 2. The van der Waals surface area contributed by atoms with Crippen LogP contribution < -0.4 is 10.6 Å². The first-order chi connectivity index (χ1) is 12.4. The standard InChI is InChI=1S/C18H20N6O2/c1-11-8-13(4-5-15(11)12(2)21-18(25)26)16-6-7-19-17(23-16)22-14-9-20-24(3)10-14/h4-10,12,21H,1-3H3,(H,25,26)(H,19,22,23). The van der Waals surface area contributed by atoms with Crippen LogP contribution in [0.15, 0.2) is 42.9 Å². The Bertz CT molecular complexity index is 937. The maximum atomic E-state index is 10.8. The Morgan fingerprint density at radius 1 is 1.31 bits per heavy atom. The third-order valence-corrected chi connectivity index (χ3v) is 3.99. The van der Waals surface area contributed by atoms with Crippen molar-refractivity contribution >= 4 is 17.7 Å². The van der Waals surface area contributed by atoms with Gasteiger partial charge >= 0.3 is 6.09 Å². The molecule has 3 rings (SSSR count). The number of hydrogen-bond acceptors (Lipinski definition) is 5. The Labute approximate surface area is 150 Å². The van der Waals surface area contributed by atoms with E-state index in [1.165, 1.54) is 0 Å². The van der Waals surface area contributed by atoms with Crippen LogP contribution in [0.4, 0.5) is 16.4 Å². The fourth-order valence-electron chi connectivity index (χ4n) is 2.78. The molecule has 1 unspecified atom stereocenters. The van der Waals surface area contributed by atoms with Gasteiger partial charge in [0.15, 0.2) is 0 Å². The fraction of sp³-hybridized carbons (Fsp3) is 0.222. The first-order valence-corrected chi connectivity index (χ1v) is 8.11. The van der Waals surface area contributed by atoms with Crippen LogP contribution in [0.1, 0.15) is 24.1 Å². The summed E-state index contributed by atoms with van der Waals surface area (Å²) < 4.78 is 1.70. The van der Waals surface area contributed by atoms with E-state index in [-0.39, 0.29) is 6.04 Å². The molecule has 1 aromatic carbocycles. The van der Waals surface area contributed by atoms with Crippen LogP contribution in [0.3, 0.4) is 0 Å². The van der Waals surface area contributed by atoms with Gasteiger partial charge in [-0.15, -0.1) is 0 Å². The topological polar surface area (TPSA) is 105 Å². The lowest BCUT2D eigenvalue weighted by atomic mass is 9.98. The van der Waals surface area contributed by atoms with Crippen LogP contribution in [0.2, 0.25) is 0 Å². The highest BCUT2D eigenvalue weighted by molar-refractivity contribution is 5.66. The highest BCUT2D eigenvalue weighted by atomic mass is 16.4. The SMILES string of the molecule is Cc1cc(-c2ccnc(Nc3cnn(C)c3)n2)ccc1C(C)NC(=O)O. The maximum absolute atomic E-state index is 10.8. The quantitative estimate of drug-likeness (QED) is 0.651. The van der Waals surface area contributed by atoms with E-state index in [9.17, 15) is 4.79 Å². The van der Waals surface area contributed by atoms with Crippen molar-refractivity contribution in [2.24, 2.45) is 7.05 Å². The van der Waals surface area contributed by atoms with Crippen LogP contribution >= 0.6 is 0 Å². The first kappa shape index (κ1) is 17.4. The van der Waals surface area contributed by atoms with Crippen molar-refractivity contribution in [2.75, 3.05) is 5.32 Å². The van der Waals surface area contributed by atoms with E-state index in [0.717, 1.165) is 28.1 Å². The minimum atomic E-state index is -1.04. The number of rotatable bonds is 5. The van der Waals surface area contributed by atoms with Gasteiger partial charge in [-0.25, -0.2) is 14.8 Å². The van der Waals surface area contributed by atoms with Crippen molar-refractivity contribution in [3.8, 4) is 11.3 Å². The number of hydrogen-bond donors (Lipinski definition) is 3. The van der Waals surface area contributed by atoms with E-state index in [4.69, 9.17) is 5.11 Å². The third-order valence-electron chi connectivity index (χ3n) is 3.99. The summed E-state index contributed by atoms with van der Waals surface area (Å²) >= 11 is 0. The Morgan fingerprint density at radius 3 is 2.77 bits per heavy atom. The van der Waals surface area contributed by atoms with Crippen LogP contribution in [-0.2, 0) is 7.05 Å². The highest BCUT2D eigenvalue weighted by Crippen LogP contribution is 2.25. The molecule has 8 heteroatoms. The molecule has 1 amide bonds. The fourth-order valence-corrected chi connectivity index (χ4v) is 2.78. The maximum Gasteiger partial charge on any atom is 0.405 e. The van der Waals surface area contributed by atoms with Gasteiger partial charge in [-0.05, 0) is 37.1 Å². The smallest absolute Gasteiger partial charge is 0.405 e. The molecule has 2 aromatic heterocycles. The van der Waals surface area contributed by atoms with E-state index >= 15 is 0 Å². The van der Waals surface area contributed by atoms with E-state index in [1.807, 2.05) is 51.4 Å². The average Bonchev–Trinajstić information content (AvgIpc) is 2.99. The Morgan fingerprint density at radius 2 is 2.12 bits per heavy atom. The molecule has 3 N–H and O–H groups in total. The van der Waals surface area contributed by atoms with Crippen molar-refractivity contribution in [1.82, 2.24) is 25.1 Å². The van der Waals surface area contributed by atoms with Crippen LogP contribution in [0.25, 0.3) is 11.3 Å². The molecule has 134 valence electrons. The number of carbonyl (C=O) groups is 1. The molecule has 0 saturated carbocycles. The molecule has 1 atom stereocenters. The monoisotopic (exact) mass is 352 g/mol. The summed E-state index contributed by atoms with van der Waals surface area (Å²) in [5, 5.41) is 18.6. The van der Waals surface area contributed by atoms with Gasteiger partial charge in [0.1, 0.15) is 0 Å². The van der Waals surface area contributed by atoms with E-state index < -0.39 is 6.09 Å². The van der Waals surface area contributed by atoms with Gasteiger partial charge in [0, 0.05) is 25.0 Å². The second-order valence-corrected chi connectivity index (χ2v) is 6.04. The Balaban J connectivity index is 1.83. The van der Waals surface area contributed by atoms with Gasteiger partial charge in [0.2, 0.25) is 5.95 Å². The average molecular weight is 352 g/mol. The minimum Gasteiger partial charge on any atom is -0.465 e. The van der Waals surface area contributed by atoms with E-state index in [2.05, 4.69) is 25.7 Å². The predicted octanol–water partition coefficient (Wildman–Crippen LogP) is 3.26. The largest absolute Gasteiger partial charge is 0.465 e. The second kappa shape index (κ2) is 7.22. The molecule has 0 radical (unpaired) electrons. The molecule has 3 aromatic rings. The summed E-state index contributed by atoms with van der Waals surface area (Å²) in [5.74, 6) is 0.484. The second-order valence-electron chi connectivity index (χ2n) is 6.04. The van der Waals surface area contributed by atoms with Crippen molar-refractivity contribution in [3.05, 3.63) is 54.0 Å². The summed E-state index contributed by atoms with van der Waals surface area (Å²) in [6, 6.07) is 7.39. The van der Waals surface area contributed by atoms with Crippen LogP contribution in [-0.4, -0.2) is 30.9 Å². The summed E-state index contributed by atoms with van der Waals surface area (Å²) in [5.41, 5.74) is 4.44. The number of aromatic nitrogens is 4. The van der Waals surface area contributed by atoms with Gasteiger partial charge in [-0.3, -0.25) is 4.68 Å². The Hall–Kier alpha value is -3.42. The van der Waals surface area contributed by atoms with Crippen molar-refractivity contribution in [1.29, 1.82) is 0 Å². The summed E-state index contributed by atoms with van der Waals surface area (Å²) in [6.45, 7) is 3.77. The molecule has 0 aliphatic rings. The van der Waals surface area contributed by atoms with Gasteiger partial charge in [0.05, 0.1) is 23.6 Å². The number of carboxylic acid groups (broad SMARTS) is 1. The zero-order chi connectivity index (χ0) is 18.7. The normalized spacial score (nSPS) is 11.8. The molecule has 2 heterocycles. The zero-order valence-electron chi connectivity index (χ0n) is 14.8. The molecule has 0 bridgehead atoms.